The van der Waals surface area contributed by atoms with Gasteiger partial charge in [0.05, 0.1) is 6.54 Å². The van der Waals surface area contributed by atoms with Crippen LogP contribution in [0.5, 0.6) is 0 Å². The van der Waals surface area contributed by atoms with Gasteiger partial charge in [-0.1, -0.05) is 12.1 Å². The lowest BCUT2D eigenvalue weighted by Gasteiger charge is -2.11. The zero-order chi connectivity index (χ0) is 16.8. The van der Waals surface area contributed by atoms with E-state index in [0.29, 0.717) is 11.3 Å². The molecule has 0 saturated carbocycles. The molecular formula is C18H21N3O2. The lowest BCUT2D eigenvalue weighted by molar-refractivity contribution is -0.114. The van der Waals surface area contributed by atoms with Gasteiger partial charge in [-0.25, -0.2) is 0 Å². The molecule has 0 atom stereocenters. The number of carbonyl (C=O) groups excluding carboxylic acids is 2. The average molecular weight is 311 g/mol. The highest BCUT2D eigenvalue weighted by atomic mass is 16.2. The van der Waals surface area contributed by atoms with Crippen molar-refractivity contribution in [3.05, 3.63) is 59.2 Å². The molecule has 120 valence electrons. The molecule has 0 heterocycles. The summed E-state index contributed by atoms with van der Waals surface area (Å²) in [5.41, 5.74) is 4.40. The van der Waals surface area contributed by atoms with Crippen molar-refractivity contribution in [1.82, 2.24) is 5.32 Å². The van der Waals surface area contributed by atoms with Crippen LogP contribution in [-0.4, -0.2) is 25.4 Å². The first kappa shape index (κ1) is 16.5. The minimum absolute atomic E-state index is 0.140. The molecule has 2 aromatic carbocycles. The topological polar surface area (TPSA) is 70.2 Å². The highest BCUT2D eigenvalue weighted by Gasteiger charge is 2.06. The first-order chi connectivity index (χ1) is 11.0. The first-order valence-corrected chi connectivity index (χ1v) is 7.42. The number of hydrogen-bond donors (Lipinski definition) is 3. The van der Waals surface area contributed by atoms with E-state index in [2.05, 4.69) is 16.0 Å². The van der Waals surface area contributed by atoms with Crippen LogP contribution in [0.1, 0.15) is 21.5 Å². The molecular weight excluding hydrogens is 290 g/mol. The summed E-state index contributed by atoms with van der Waals surface area (Å²) in [4.78, 5) is 23.5. The molecule has 0 aromatic heterocycles. The number of rotatable bonds is 5. The number of aryl methyl sites for hydroxylation is 2. The van der Waals surface area contributed by atoms with Crippen molar-refractivity contribution in [3.63, 3.8) is 0 Å². The molecule has 0 radical (unpaired) electrons. The highest BCUT2D eigenvalue weighted by molar-refractivity contribution is 5.96. The molecule has 0 saturated heterocycles. The predicted molar refractivity (Wildman–Crippen MR) is 92.9 cm³/mol. The summed E-state index contributed by atoms with van der Waals surface area (Å²) >= 11 is 0. The van der Waals surface area contributed by atoms with Crippen LogP contribution in [0.4, 0.5) is 11.4 Å². The molecule has 0 fully saturated rings. The van der Waals surface area contributed by atoms with E-state index in [1.807, 2.05) is 32.0 Å². The molecule has 0 aliphatic heterocycles. The van der Waals surface area contributed by atoms with Crippen LogP contribution in [0.25, 0.3) is 0 Å². The van der Waals surface area contributed by atoms with Gasteiger partial charge in [-0.2, -0.15) is 0 Å². The van der Waals surface area contributed by atoms with Crippen LogP contribution in [-0.2, 0) is 4.79 Å². The summed E-state index contributed by atoms with van der Waals surface area (Å²) < 4.78 is 0. The third-order valence-corrected chi connectivity index (χ3v) is 3.49. The van der Waals surface area contributed by atoms with Gasteiger partial charge in [-0.15, -0.1) is 0 Å². The van der Waals surface area contributed by atoms with Gasteiger partial charge in [0.1, 0.15) is 0 Å². The molecule has 5 nitrogen and oxygen atoms in total. The van der Waals surface area contributed by atoms with Crippen molar-refractivity contribution in [2.75, 3.05) is 24.2 Å². The van der Waals surface area contributed by atoms with Crippen molar-refractivity contribution in [1.29, 1.82) is 0 Å². The Labute approximate surface area is 136 Å². The van der Waals surface area contributed by atoms with Crippen LogP contribution in [0.3, 0.4) is 0 Å². The Hall–Kier alpha value is -2.82. The Morgan fingerprint density at radius 1 is 1.00 bits per heavy atom. The fourth-order valence-electron chi connectivity index (χ4n) is 2.16. The second-order valence-electron chi connectivity index (χ2n) is 5.38. The lowest BCUT2D eigenvalue weighted by atomic mass is 10.1. The standard InChI is InChI=1S/C18H21N3O2/c1-12-4-5-13(2)16(10-12)20-11-17(22)21-15-8-6-14(7-9-15)18(23)19-3/h4-10,20H,11H2,1-3H3,(H,19,23)(H,21,22). The van der Waals surface area contributed by atoms with Crippen molar-refractivity contribution < 1.29 is 9.59 Å². The van der Waals surface area contributed by atoms with Gasteiger partial charge in [-0.05, 0) is 55.3 Å². The van der Waals surface area contributed by atoms with Gasteiger partial charge in [0, 0.05) is 24.0 Å². The van der Waals surface area contributed by atoms with Crippen molar-refractivity contribution in [3.8, 4) is 0 Å². The summed E-state index contributed by atoms with van der Waals surface area (Å²) in [5.74, 6) is -0.293. The summed E-state index contributed by atoms with van der Waals surface area (Å²) in [5, 5.41) is 8.49. The molecule has 2 amide bonds. The number of nitrogens with one attached hydrogen (secondary N) is 3. The van der Waals surface area contributed by atoms with E-state index in [4.69, 9.17) is 0 Å². The second-order valence-corrected chi connectivity index (χ2v) is 5.38. The number of anilines is 2. The largest absolute Gasteiger partial charge is 0.376 e. The molecule has 0 aliphatic rings. The number of amides is 2. The summed E-state index contributed by atoms with van der Waals surface area (Å²) in [6, 6.07) is 12.8. The Bertz CT molecular complexity index is 709. The smallest absolute Gasteiger partial charge is 0.251 e. The zero-order valence-electron chi connectivity index (χ0n) is 13.6. The van der Waals surface area contributed by atoms with E-state index in [0.717, 1.165) is 16.8 Å². The van der Waals surface area contributed by atoms with Gasteiger partial charge in [0.2, 0.25) is 5.91 Å². The first-order valence-electron chi connectivity index (χ1n) is 7.42. The third kappa shape index (κ3) is 4.57. The quantitative estimate of drug-likeness (QED) is 0.795. The normalized spacial score (nSPS) is 10.0. The fourth-order valence-corrected chi connectivity index (χ4v) is 2.16. The highest BCUT2D eigenvalue weighted by Crippen LogP contribution is 2.16. The maximum atomic E-state index is 12.0. The van der Waals surface area contributed by atoms with Gasteiger partial charge < -0.3 is 16.0 Å². The second kappa shape index (κ2) is 7.45. The minimum Gasteiger partial charge on any atom is -0.376 e. The number of benzene rings is 2. The van der Waals surface area contributed by atoms with Gasteiger partial charge in [-0.3, -0.25) is 9.59 Å². The molecule has 5 heteroatoms. The van der Waals surface area contributed by atoms with E-state index < -0.39 is 0 Å². The zero-order valence-corrected chi connectivity index (χ0v) is 13.6. The number of carbonyl (C=O) groups is 2. The molecule has 0 spiro atoms. The van der Waals surface area contributed by atoms with Crippen LogP contribution >= 0.6 is 0 Å². The maximum absolute atomic E-state index is 12.0. The summed E-state index contributed by atoms with van der Waals surface area (Å²) in [6.07, 6.45) is 0. The van der Waals surface area contributed by atoms with Gasteiger partial charge in [0.15, 0.2) is 0 Å². The summed E-state index contributed by atoms with van der Waals surface area (Å²) in [6.45, 7) is 4.19. The van der Waals surface area contributed by atoms with Gasteiger partial charge >= 0.3 is 0 Å². The third-order valence-electron chi connectivity index (χ3n) is 3.49. The molecule has 3 N–H and O–H groups in total. The van der Waals surface area contributed by atoms with Crippen molar-refractivity contribution >= 4 is 23.2 Å². The monoisotopic (exact) mass is 311 g/mol. The fraction of sp³-hybridized carbons (Fsp3) is 0.222. The Balaban J connectivity index is 1.92. The molecule has 2 rings (SSSR count). The van der Waals surface area contributed by atoms with E-state index in [9.17, 15) is 9.59 Å². The molecule has 2 aromatic rings. The Morgan fingerprint density at radius 2 is 1.70 bits per heavy atom. The van der Waals surface area contributed by atoms with Crippen LogP contribution in [0.2, 0.25) is 0 Å². The molecule has 0 aliphatic carbocycles. The summed E-state index contributed by atoms with van der Waals surface area (Å²) in [7, 11) is 1.58. The average Bonchev–Trinajstić information content (AvgIpc) is 2.55. The van der Waals surface area contributed by atoms with Crippen molar-refractivity contribution in [2.45, 2.75) is 13.8 Å². The minimum atomic E-state index is -0.153. The number of hydrogen-bond acceptors (Lipinski definition) is 3. The van der Waals surface area contributed by atoms with E-state index >= 15 is 0 Å². The predicted octanol–water partition coefficient (Wildman–Crippen LogP) is 2.71. The van der Waals surface area contributed by atoms with Crippen LogP contribution in [0, 0.1) is 13.8 Å². The van der Waals surface area contributed by atoms with Gasteiger partial charge in [0.25, 0.3) is 5.91 Å². The van der Waals surface area contributed by atoms with E-state index in [1.165, 1.54) is 0 Å². The Morgan fingerprint density at radius 3 is 2.35 bits per heavy atom. The SMILES string of the molecule is CNC(=O)c1ccc(NC(=O)CNc2cc(C)ccc2C)cc1. The molecule has 0 bridgehead atoms. The Kier molecular flexibility index (Phi) is 5.36. The molecule has 23 heavy (non-hydrogen) atoms. The van der Waals surface area contributed by atoms with Crippen molar-refractivity contribution in [2.24, 2.45) is 0 Å². The van der Waals surface area contributed by atoms with Crippen LogP contribution < -0.4 is 16.0 Å². The lowest BCUT2D eigenvalue weighted by Crippen LogP contribution is -2.22. The molecule has 0 unspecified atom stereocenters. The van der Waals surface area contributed by atoms with E-state index in [-0.39, 0.29) is 18.4 Å². The maximum Gasteiger partial charge on any atom is 0.251 e. The van der Waals surface area contributed by atoms with Crippen LogP contribution in [0.15, 0.2) is 42.5 Å². The van der Waals surface area contributed by atoms with E-state index in [1.54, 1.807) is 31.3 Å².